The quantitative estimate of drug-likeness (QED) is 0.643. The van der Waals surface area contributed by atoms with Crippen molar-refractivity contribution < 1.29 is 18.7 Å². The lowest BCUT2D eigenvalue weighted by molar-refractivity contribution is 0.0518. The van der Waals surface area contributed by atoms with Gasteiger partial charge in [-0.3, -0.25) is 4.57 Å². The third-order valence-electron chi connectivity index (χ3n) is 4.06. The van der Waals surface area contributed by atoms with Crippen LogP contribution in [0, 0.1) is 5.82 Å². The Morgan fingerprint density at radius 2 is 1.93 bits per heavy atom. The first-order valence-corrected chi connectivity index (χ1v) is 8.62. The summed E-state index contributed by atoms with van der Waals surface area (Å²) in [6, 6.07) is 13.0. The summed E-state index contributed by atoms with van der Waals surface area (Å²) in [5.41, 5.74) is 7.87. The lowest BCUT2D eigenvalue weighted by Crippen LogP contribution is -2.13. The molecule has 1 aromatic heterocycles. The highest BCUT2D eigenvalue weighted by molar-refractivity contribution is 6.30. The van der Waals surface area contributed by atoms with Crippen molar-refractivity contribution in [3.63, 3.8) is 0 Å². The molecule has 5 nitrogen and oxygen atoms in total. The van der Waals surface area contributed by atoms with Gasteiger partial charge in [0, 0.05) is 5.69 Å². The first-order chi connectivity index (χ1) is 13.0. The zero-order chi connectivity index (χ0) is 19.6. The highest BCUT2D eigenvalue weighted by atomic mass is 35.5. The molecular weight excluding hydrogens is 371 g/mol. The maximum Gasteiger partial charge on any atom is 0.357 e. The second kappa shape index (κ2) is 7.72. The van der Waals surface area contributed by atoms with Crippen LogP contribution in [0.25, 0.3) is 16.8 Å². The molecule has 0 fully saturated rings. The van der Waals surface area contributed by atoms with Crippen LogP contribution >= 0.6 is 11.6 Å². The molecule has 0 unspecified atom stereocenters. The van der Waals surface area contributed by atoms with Gasteiger partial charge in [0.25, 0.3) is 0 Å². The third kappa shape index (κ3) is 3.48. The number of carbonyl (C=O) groups is 1. The summed E-state index contributed by atoms with van der Waals surface area (Å²) in [6.45, 7) is 1.92. The SMILES string of the molecule is CCOC(=O)c1c(N)cc(Cl)n1-c1ccc(-c2c(F)cccc2OC)cc1. The average molecular weight is 389 g/mol. The van der Waals surface area contributed by atoms with E-state index in [2.05, 4.69) is 0 Å². The van der Waals surface area contributed by atoms with E-state index in [1.807, 2.05) is 0 Å². The maximum atomic E-state index is 14.3. The molecule has 2 aromatic carbocycles. The number of hydrogen-bond acceptors (Lipinski definition) is 4. The van der Waals surface area contributed by atoms with Crippen LogP contribution in [-0.2, 0) is 4.74 Å². The molecule has 0 amide bonds. The topological polar surface area (TPSA) is 66.5 Å². The van der Waals surface area contributed by atoms with Crippen LogP contribution < -0.4 is 10.5 Å². The number of carbonyl (C=O) groups excluding carboxylic acids is 1. The Labute approximate surface area is 161 Å². The van der Waals surface area contributed by atoms with E-state index in [-0.39, 0.29) is 23.1 Å². The second-order valence-electron chi connectivity index (χ2n) is 5.69. The molecule has 0 aliphatic rings. The molecule has 0 aliphatic carbocycles. The predicted molar refractivity (Wildman–Crippen MR) is 103 cm³/mol. The van der Waals surface area contributed by atoms with Gasteiger partial charge in [-0.15, -0.1) is 0 Å². The Bertz CT molecular complexity index is 984. The largest absolute Gasteiger partial charge is 0.496 e. The lowest BCUT2D eigenvalue weighted by Gasteiger charge is -2.13. The van der Waals surface area contributed by atoms with Crippen LogP contribution in [0.2, 0.25) is 5.15 Å². The first-order valence-electron chi connectivity index (χ1n) is 8.25. The molecule has 1 heterocycles. The Morgan fingerprint density at radius 1 is 1.22 bits per heavy atom. The molecule has 7 heteroatoms. The number of nitrogens with two attached hydrogens (primary N) is 1. The van der Waals surface area contributed by atoms with Crippen molar-refractivity contribution in [2.75, 3.05) is 19.5 Å². The van der Waals surface area contributed by atoms with Crippen molar-refractivity contribution in [3.8, 4) is 22.6 Å². The Kier molecular flexibility index (Phi) is 5.37. The van der Waals surface area contributed by atoms with Gasteiger partial charge in [0.05, 0.1) is 25.0 Å². The molecule has 2 N–H and O–H groups in total. The van der Waals surface area contributed by atoms with E-state index in [9.17, 15) is 9.18 Å². The molecule has 0 saturated carbocycles. The van der Waals surface area contributed by atoms with E-state index in [0.717, 1.165) is 0 Å². The summed E-state index contributed by atoms with van der Waals surface area (Å²) in [4.78, 5) is 12.2. The summed E-state index contributed by atoms with van der Waals surface area (Å²) in [7, 11) is 1.49. The number of anilines is 1. The fourth-order valence-corrected chi connectivity index (χ4v) is 3.19. The van der Waals surface area contributed by atoms with Gasteiger partial charge in [0.1, 0.15) is 16.7 Å². The Hall–Kier alpha value is -2.99. The Morgan fingerprint density at radius 3 is 2.56 bits per heavy atom. The lowest BCUT2D eigenvalue weighted by atomic mass is 10.0. The van der Waals surface area contributed by atoms with E-state index >= 15 is 0 Å². The zero-order valence-corrected chi connectivity index (χ0v) is 15.6. The summed E-state index contributed by atoms with van der Waals surface area (Å²) < 4.78 is 26.1. The van der Waals surface area contributed by atoms with Crippen LogP contribution in [-0.4, -0.2) is 24.3 Å². The van der Waals surface area contributed by atoms with Crippen LogP contribution in [0.3, 0.4) is 0 Å². The van der Waals surface area contributed by atoms with Crippen molar-refractivity contribution in [1.29, 1.82) is 0 Å². The molecule has 27 heavy (non-hydrogen) atoms. The number of esters is 1. The third-order valence-corrected chi connectivity index (χ3v) is 4.34. The van der Waals surface area contributed by atoms with E-state index in [0.29, 0.717) is 22.6 Å². The minimum absolute atomic E-state index is 0.151. The average Bonchev–Trinajstić information content (AvgIpc) is 2.96. The molecule has 0 aliphatic heterocycles. The monoisotopic (exact) mass is 388 g/mol. The number of nitrogens with zero attached hydrogens (tertiary/aromatic N) is 1. The minimum atomic E-state index is -0.568. The van der Waals surface area contributed by atoms with E-state index < -0.39 is 11.8 Å². The number of methoxy groups -OCH3 is 1. The van der Waals surface area contributed by atoms with Crippen molar-refractivity contribution in [2.45, 2.75) is 6.92 Å². The van der Waals surface area contributed by atoms with Crippen LogP contribution in [0.1, 0.15) is 17.4 Å². The fourth-order valence-electron chi connectivity index (χ4n) is 2.89. The molecule has 0 spiro atoms. The maximum absolute atomic E-state index is 14.3. The number of hydrogen-bond donors (Lipinski definition) is 1. The highest BCUT2D eigenvalue weighted by Crippen LogP contribution is 2.34. The summed E-state index contributed by atoms with van der Waals surface area (Å²) >= 11 is 6.25. The predicted octanol–water partition coefficient (Wildman–Crippen LogP) is 4.70. The molecule has 140 valence electrons. The van der Waals surface area contributed by atoms with Gasteiger partial charge < -0.3 is 15.2 Å². The van der Waals surface area contributed by atoms with Gasteiger partial charge in [0.2, 0.25) is 0 Å². The number of benzene rings is 2. The van der Waals surface area contributed by atoms with Crippen LogP contribution in [0.5, 0.6) is 5.75 Å². The van der Waals surface area contributed by atoms with Gasteiger partial charge in [-0.1, -0.05) is 29.8 Å². The Balaban J connectivity index is 2.07. The number of nitrogen functional groups attached to an aromatic ring is 1. The minimum Gasteiger partial charge on any atom is -0.496 e. The van der Waals surface area contributed by atoms with Gasteiger partial charge in [-0.2, -0.15) is 0 Å². The van der Waals surface area contributed by atoms with Crippen molar-refractivity contribution in [2.24, 2.45) is 0 Å². The van der Waals surface area contributed by atoms with E-state index in [1.54, 1.807) is 43.3 Å². The molecule has 0 bridgehead atoms. The first kappa shape index (κ1) is 18.8. The van der Waals surface area contributed by atoms with Crippen LogP contribution in [0.4, 0.5) is 10.1 Å². The summed E-state index contributed by atoms with van der Waals surface area (Å²) in [5.74, 6) is -0.530. The summed E-state index contributed by atoms with van der Waals surface area (Å²) in [6.07, 6.45) is 0. The molecular formula is C20H18ClFN2O3. The van der Waals surface area contributed by atoms with Crippen molar-refractivity contribution in [3.05, 3.63) is 65.2 Å². The van der Waals surface area contributed by atoms with E-state index in [1.165, 1.54) is 23.8 Å². The fraction of sp³-hybridized carbons (Fsp3) is 0.150. The molecule has 3 aromatic rings. The number of rotatable bonds is 5. The summed E-state index contributed by atoms with van der Waals surface area (Å²) in [5, 5.41) is 0.270. The highest BCUT2D eigenvalue weighted by Gasteiger charge is 2.21. The van der Waals surface area contributed by atoms with Crippen molar-refractivity contribution in [1.82, 2.24) is 4.57 Å². The molecule has 0 radical (unpaired) electrons. The number of ether oxygens (including phenoxy) is 2. The second-order valence-corrected chi connectivity index (χ2v) is 6.08. The van der Waals surface area contributed by atoms with Gasteiger partial charge in [-0.05, 0) is 42.8 Å². The van der Waals surface area contributed by atoms with Gasteiger partial charge >= 0.3 is 5.97 Å². The smallest absolute Gasteiger partial charge is 0.357 e. The normalized spacial score (nSPS) is 10.7. The van der Waals surface area contributed by atoms with Crippen LogP contribution in [0.15, 0.2) is 48.5 Å². The zero-order valence-electron chi connectivity index (χ0n) is 14.8. The van der Waals surface area contributed by atoms with Gasteiger partial charge in [-0.25, -0.2) is 9.18 Å². The number of halogens is 2. The van der Waals surface area contributed by atoms with Crippen molar-refractivity contribution >= 4 is 23.3 Å². The molecule has 3 rings (SSSR count). The van der Waals surface area contributed by atoms with Gasteiger partial charge in [0.15, 0.2) is 5.69 Å². The molecule has 0 saturated heterocycles. The standard InChI is InChI=1S/C20H18ClFN2O3/c1-3-27-20(25)19-15(23)11-17(21)24(19)13-9-7-12(8-10-13)18-14(22)5-4-6-16(18)26-2/h4-11H,3,23H2,1-2H3. The van der Waals surface area contributed by atoms with E-state index in [4.69, 9.17) is 26.8 Å². The number of aromatic nitrogens is 1. The molecule has 0 atom stereocenters.